The Morgan fingerprint density at radius 1 is 0.864 bits per heavy atom. The van der Waals surface area contributed by atoms with Crippen LogP contribution in [0.15, 0.2) is 0 Å². The van der Waals surface area contributed by atoms with Crippen molar-refractivity contribution in [1.29, 1.82) is 0 Å². The number of hydrogen-bond donors (Lipinski definition) is 0. The van der Waals surface area contributed by atoms with Crippen LogP contribution in [0, 0.1) is 5.92 Å². The van der Waals surface area contributed by atoms with Crippen LogP contribution in [0.2, 0.25) is 0 Å². The number of rotatable bonds is 4. The van der Waals surface area contributed by atoms with E-state index < -0.39 is 0 Å². The van der Waals surface area contributed by atoms with E-state index in [4.69, 9.17) is 4.74 Å². The van der Waals surface area contributed by atoms with Gasteiger partial charge in [0.05, 0.1) is 19.8 Å². The molecule has 2 saturated heterocycles. The second kappa shape index (κ2) is 8.27. The molecule has 0 unspecified atom stereocenters. The van der Waals surface area contributed by atoms with Crippen LogP contribution in [0.5, 0.6) is 0 Å². The van der Waals surface area contributed by atoms with Crippen molar-refractivity contribution in [3.05, 3.63) is 0 Å². The standard InChI is InChI=1S/C17H31N3O2/c21-17(20-10-12-22-13-11-20)15-19-8-6-18(7-9-19)14-16-4-2-1-3-5-16/h16H,1-15H2. The minimum atomic E-state index is 0.282. The molecule has 0 N–H and O–H groups in total. The van der Waals surface area contributed by atoms with Gasteiger partial charge in [-0.3, -0.25) is 9.69 Å². The Balaban J connectivity index is 1.35. The minimum Gasteiger partial charge on any atom is -0.378 e. The van der Waals surface area contributed by atoms with E-state index in [1.54, 1.807) is 0 Å². The van der Waals surface area contributed by atoms with Gasteiger partial charge < -0.3 is 14.5 Å². The Kier molecular flexibility index (Phi) is 6.10. The molecule has 3 fully saturated rings. The number of piperazine rings is 1. The third kappa shape index (κ3) is 4.67. The molecule has 0 aromatic heterocycles. The molecule has 1 saturated carbocycles. The van der Waals surface area contributed by atoms with Gasteiger partial charge >= 0.3 is 0 Å². The predicted molar refractivity (Wildman–Crippen MR) is 86.9 cm³/mol. The van der Waals surface area contributed by atoms with Gasteiger partial charge in [-0.05, 0) is 18.8 Å². The van der Waals surface area contributed by atoms with Crippen LogP contribution in [0.3, 0.4) is 0 Å². The summed E-state index contributed by atoms with van der Waals surface area (Å²) in [6.45, 7) is 9.15. The number of amides is 1. The van der Waals surface area contributed by atoms with Crippen LogP contribution in [-0.2, 0) is 9.53 Å². The number of carbonyl (C=O) groups excluding carboxylic acids is 1. The van der Waals surface area contributed by atoms with Gasteiger partial charge in [-0.15, -0.1) is 0 Å². The van der Waals surface area contributed by atoms with Crippen molar-refractivity contribution in [3.8, 4) is 0 Å². The molecule has 0 aromatic rings. The fraction of sp³-hybridized carbons (Fsp3) is 0.941. The van der Waals surface area contributed by atoms with Gasteiger partial charge in [-0.2, -0.15) is 0 Å². The molecule has 22 heavy (non-hydrogen) atoms. The fourth-order valence-corrected chi connectivity index (χ4v) is 3.97. The fourth-order valence-electron chi connectivity index (χ4n) is 3.97. The SMILES string of the molecule is O=C(CN1CCN(CC2CCCCC2)CC1)N1CCOCC1. The molecule has 5 heteroatoms. The Morgan fingerprint density at radius 3 is 2.18 bits per heavy atom. The first-order valence-electron chi connectivity index (χ1n) is 9.11. The highest BCUT2D eigenvalue weighted by Gasteiger charge is 2.24. The highest BCUT2D eigenvalue weighted by molar-refractivity contribution is 5.78. The van der Waals surface area contributed by atoms with Gasteiger partial charge in [0.15, 0.2) is 0 Å². The number of ether oxygens (including phenoxy) is 1. The van der Waals surface area contributed by atoms with Gasteiger partial charge in [-0.25, -0.2) is 0 Å². The van der Waals surface area contributed by atoms with Crippen molar-refractivity contribution in [3.63, 3.8) is 0 Å². The monoisotopic (exact) mass is 309 g/mol. The minimum absolute atomic E-state index is 0.282. The molecule has 0 radical (unpaired) electrons. The molecule has 126 valence electrons. The van der Waals surface area contributed by atoms with E-state index in [1.807, 2.05) is 4.90 Å². The van der Waals surface area contributed by atoms with Crippen molar-refractivity contribution >= 4 is 5.91 Å². The van der Waals surface area contributed by atoms with Crippen LogP contribution in [-0.4, -0.2) is 86.2 Å². The maximum atomic E-state index is 12.3. The smallest absolute Gasteiger partial charge is 0.236 e. The number of carbonyl (C=O) groups is 1. The largest absolute Gasteiger partial charge is 0.378 e. The normalized spacial score (nSPS) is 26.3. The first-order chi connectivity index (χ1) is 10.8. The van der Waals surface area contributed by atoms with E-state index in [-0.39, 0.29) is 5.91 Å². The summed E-state index contributed by atoms with van der Waals surface area (Å²) < 4.78 is 5.31. The van der Waals surface area contributed by atoms with E-state index in [0.29, 0.717) is 19.8 Å². The quantitative estimate of drug-likeness (QED) is 0.777. The third-order valence-electron chi connectivity index (χ3n) is 5.43. The highest BCUT2D eigenvalue weighted by atomic mass is 16.5. The summed E-state index contributed by atoms with van der Waals surface area (Å²) >= 11 is 0. The summed E-state index contributed by atoms with van der Waals surface area (Å²) in [4.78, 5) is 19.2. The van der Waals surface area contributed by atoms with Gasteiger partial charge in [0.2, 0.25) is 5.91 Å². The van der Waals surface area contributed by atoms with E-state index in [0.717, 1.165) is 45.2 Å². The molecular weight excluding hydrogens is 278 g/mol. The Labute approximate surface area is 134 Å². The summed E-state index contributed by atoms with van der Waals surface area (Å²) in [5, 5.41) is 0. The Bertz CT molecular complexity index is 344. The molecule has 0 atom stereocenters. The Morgan fingerprint density at radius 2 is 1.50 bits per heavy atom. The van der Waals surface area contributed by atoms with Crippen LogP contribution < -0.4 is 0 Å². The highest BCUT2D eigenvalue weighted by Crippen LogP contribution is 2.24. The molecular formula is C17H31N3O2. The van der Waals surface area contributed by atoms with Crippen molar-refractivity contribution in [2.24, 2.45) is 5.92 Å². The van der Waals surface area contributed by atoms with Gasteiger partial charge in [-0.1, -0.05) is 19.3 Å². The third-order valence-corrected chi connectivity index (χ3v) is 5.43. The first kappa shape index (κ1) is 16.2. The van der Waals surface area contributed by atoms with Crippen molar-refractivity contribution < 1.29 is 9.53 Å². The number of nitrogens with zero attached hydrogens (tertiary/aromatic N) is 3. The number of hydrogen-bond acceptors (Lipinski definition) is 4. The maximum Gasteiger partial charge on any atom is 0.236 e. The van der Waals surface area contributed by atoms with E-state index in [9.17, 15) is 4.79 Å². The zero-order valence-corrected chi connectivity index (χ0v) is 13.8. The van der Waals surface area contributed by atoms with Crippen LogP contribution >= 0.6 is 0 Å². The molecule has 2 heterocycles. The summed E-state index contributed by atoms with van der Waals surface area (Å²) in [6.07, 6.45) is 7.15. The summed E-state index contributed by atoms with van der Waals surface area (Å²) in [5.74, 6) is 1.21. The molecule has 0 spiro atoms. The Hall–Kier alpha value is -0.650. The molecule has 3 rings (SSSR count). The maximum absolute atomic E-state index is 12.3. The summed E-state index contributed by atoms with van der Waals surface area (Å²) in [7, 11) is 0. The van der Waals surface area contributed by atoms with Crippen LogP contribution in [0.1, 0.15) is 32.1 Å². The molecule has 5 nitrogen and oxygen atoms in total. The summed E-state index contributed by atoms with van der Waals surface area (Å²) in [5.41, 5.74) is 0. The first-order valence-corrected chi connectivity index (χ1v) is 9.11. The molecule has 3 aliphatic rings. The van der Waals surface area contributed by atoms with Crippen LogP contribution in [0.4, 0.5) is 0 Å². The molecule has 2 aliphatic heterocycles. The van der Waals surface area contributed by atoms with Gasteiger partial charge in [0, 0.05) is 45.8 Å². The molecule has 0 bridgehead atoms. The second-order valence-electron chi connectivity index (χ2n) is 7.07. The van der Waals surface area contributed by atoms with Crippen molar-refractivity contribution in [2.45, 2.75) is 32.1 Å². The molecule has 1 amide bonds. The zero-order valence-electron chi connectivity index (χ0n) is 13.8. The topological polar surface area (TPSA) is 36.0 Å². The van der Waals surface area contributed by atoms with Crippen molar-refractivity contribution in [1.82, 2.24) is 14.7 Å². The van der Waals surface area contributed by atoms with E-state index in [1.165, 1.54) is 38.6 Å². The van der Waals surface area contributed by atoms with E-state index >= 15 is 0 Å². The second-order valence-corrected chi connectivity index (χ2v) is 7.07. The average molecular weight is 309 g/mol. The van der Waals surface area contributed by atoms with Crippen LogP contribution in [0.25, 0.3) is 0 Å². The van der Waals surface area contributed by atoms with Crippen molar-refractivity contribution in [2.75, 3.05) is 65.6 Å². The number of morpholine rings is 1. The zero-order chi connectivity index (χ0) is 15.2. The lowest BCUT2D eigenvalue weighted by Gasteiger charge is -2.38. The van der Waals surface area contributed by atoms with Gasteiger partial charge in [0.1, 0.15) is 0 Å². The predicted octanol–water partition coefficient (Wildman–Crippen LogP) is 1.04. The molecule has 0 aromatic carbocycles. The lowest BCUT2D eigenvalue weighted by Crippen LogP contribution is -2.52. The summed E-state index contributed by atoms with van der Waals surface area (Å²) in [6, 6.07) is 0. The van der Waals surface area contributed by atoms with E-state index in [2.05, 4.69) is 9.80 Å². The van der Waals surface area contributed by atoms with Gasteiger partial charge in [0.25, 0.3) is 0 Å². The molecule has 1 aliphatic carbocycles. The average Bonchev–Trinajstić information content (AvgIpc) is 2.58. The lowest BCUT2D eigenvalue weighted by atomic mass is 9.89. The lowest BCUT2D eigenvalue weighted by molar-refractivity contribution is -0.136.